The Morgan fingerprint density at radius 3 is 1.64 bits per heavy atom. The van der Waals surface area contributed by atoms with Gasteiger partial charge in [0, 0.05) is 40.3 Å². The summed E-state index contributed by atoms with van der Waals surface area (Å²) in [4.78, 5) is 60.3. The maximum Gasteiger partial charge on any atom is 0.238 e. The Labute approximate surface area is 318 Å². The van der Waals surface area contributed by atoms with Crippen molar-refractivity contribution < 1.29 is 29.0 Å². The van der Waals surface area contributed by atoms with E-state index in [-0.39, 0.29) is 35.8 Å². The quantitative estimate of drug-likeness (QED) is 0.109. The summed E-state index contributed by atoms with van der Waals surface area (Å²) in [5.41, 5.74) is 5.88. The lowest BCUT2D eigenvalue weighted by Crippen LogP contribution is -2.43. The van der Waals surface area contributed by atoms with Crippen LogP contribution in [0.15, 0.2) is 139 Å². The SMILES string of the molecule is COc1cc(O)ccc1C1C2=CCC3C(=O)N(c4ccc(Nc5ccccc5)cc4)C(=O)C3C2CC2C(=O)N(c3ccc(Nc4ccccc4)cc3)C(=O)C21. The first-order valence-corrected chi connectivity index (χ1v) is 18.5. The average Bonchev–Trinajstić information content (AvgIpc) is 3.62. The summed E-state index contributed by atoms with van der Waals surface area (Å²) in [5.74, 6) is -4.80. The van der Waals surface area contributed by atoms with Crippen molar-refractivity contribution in [3.05, 3.63) is 145 Å². The van der Waals surface area contributed by atoms with E-state index in [1.54, 1.807) is 36.4 Å². The number of aromatic hydroxyl groups is 1. The number of hydrogen-bond acceptors (Lipinski definition) is 8. The van der Waals surface area contributed by atoms with Crippen LogP contribution in [0.2, 0.25) is 0 Å². The van der Waals surface area contributed by atoms with E-state index in [9.17, 15) is 24.3 Å². The summed E-state index contributed by atoms with van der Waals surface area (Å²) in [5, 5.41) is 17.0. The summed E-state index contributed by atoms with van der Waals surface area (Å²) in [6, 6.07) is 38.6. The Morgan fingerprint density at radius 1 is 0.582 bits per heavy atom. The molecular weight excluding hydrogens is 693 g/mol. The smallest absolute Gasteiger partial charge is 0.238 e. The van der Waals surface area contributed by atoms with Gasteiger partial charge in [-0.05, 0) is 97.6 Å². The number of ether oxygens (including phenoxy) is 1. The van der Waals surface area contributed by atoms with Crippen molar-refractivity contribution in [1.82, 2.24) is 0 Å². The molecule has 5 aromatic rings. The highest BCUT2D eigenvalue weighted by Gasteiger charge is 2.62. The lowest BCUT2D eigenvalue weighted by Gasteiger charge is -2.44. The van der Waals surface area contributed by atoms with Crippen molar-refractivity contribution in [3.8, 4) is 11.5 Å². The number of allylic oxidation sites excluding steroid dienone is 2. The number of phenols is 1. The summed E-state index contributed by atoms with van der Waals surface area (Å²) in [6.45, 7) is 0. The maximum atomic E-state index is 14.6. The van der Waals surface area contributed by atoms with E-state index < -0.39 is 35.5 Å². The van der Waals surface area contributed by atoms with Crippen LogP contribution in [0.5, 0.6) is 11.5 Å². The minimum Gasteiger partial charge on any atom is -0.508 e. The Hall–Kier alpha value is -6.68. The van der Waals surface area contributed by atoms with E-state index in [2.05, 4.69) is 10.6 Å². The van der Waals surface area contributed by atoms with Gasteiger partial charge < -0.3 is 20.5 Å². The van der Waals surface area contributed by atoms with Gasteiger partial charge in [0.05, 0.1) is 42.2 Å². The molecule has 2 aliphatic heterocycles. The van der Waals surface area contributed by atoms with Crippen molar-refractivity contribution in [3.63, 3.8) is 0 Å². The van der Waals surface area contributed by atoms with Gasteiger partial charge in [-0.15, -0.1) is 0 Å². The molecule has 4 aliphatic rings. The van der Waals surface area contributed by atoms with E-state index in [0.29, 0.717) is 29.1 Å². The molecule has 0 bridgehead atoms. The van der Waals surface area contributed by atoms with Crippen LogP contribution in [0.4, 0.5) is 34.1 Å². The number of anilines is 6. The fourth-order valence-electron chi connectivity index (χ4n) is 9.17. The Bertz CT molecular complexity index is 2350. The molecule has 6 unspecified atom stereocenters. The molecule has 274 valence electrons. The number of hydrogen-bond donors (Lipinski definition) is 3. The topological polar surface area (TPSA) is 128 Å². The minimum absolute atomic E-state index is 0.000883. The molecule has 3 N–H and O–H groups in total. The molecule has 2 aliphatic carbocycles. The number of carbonyl (C=O) groups is 4. The third kappa shape index (κ3) is 5.81. The van der Waals surface area contributed by atoms with E-state index in [4.69, 9.17) is 4.74 Å². The molecule has 2 saturated heterocycles. The normalized spacial score (nSPS) is 24.2. The molecule has 10 nitrogen and oxygen atoms in total. The zero-order valence-electron chi connectivity index (χ0n) is 30.0. The fraction of sp³-hybridized carbons (Fsp3) is 0.200. The molecule has 10 heteroatoms. The molecule has 0 aromatic heterocycles. The number of fused-ring (bicyclic) bond motifs is 4. The van der Waals surface area contributed by atoms with Crippen LogP contribution >= 0.6 is 0 Å². The molecule has 0 spiro atoms. The second-order valence-electron chi connectivity index (χ2n) is 14.6. The number of benzene rings is 5. The van der Waals surface area contributed by atoms with Crippen LogP contribution in [-0.4, -0.2) is 35.8 Å². The van der Waals surface area contributed by atoms with Gasteiger partial charge in [-0.3, -0.25) is 29.0 Å². The first-order valence-electron chi connectivity index (χ1n) is 18.5. The second-order valence-corrected chi connectivity index (χ2v) is 14.6. The second kappa shape index (κ2) is 13.6. The third-order valence-corrected chi connectivity index (χ3v) is 11.6. The number of phenolic OH excluding ortho intramolecular Hbond substituents is 1. The summed E-state index contributed by atoms with van der Waals surface area (Å²) >= 11 is 0. The summed E-state index contributed by atoms with van der Waals surface area (Å²) in [7, 11) is 1.50. The third-order valence-electron chi connectivity index (χ3n) is 11.6. The summed E-state index contributed by atoms with van der Waals surface area (Å²) < 4.78 is 5.75. The van der Waals surface area contributed by atoms with Gasteiger partial charge in [0.25, 0.3) is 0 Å². The monoisotopic (exact) mass is 730 g/mol. The van der Waals surface area contributed by atoms with E-state index >= 15 is 0 Å². The zero-order chi connectivity index (χ0) is 37.8. The van der Waals surface area contributed by atoms with Crippen LogP contribution in [0.1, 0.15) is 24.3 Å². The molecule has 5 aromatic carbocycles. The number of methoxy groups -OCH3 is 1. The van der Waals surface area contributed by atoms with Crippen LogP contribution < -0.4 is 25.2 Å². The number of rotatable bonds is 8. The predicted octanol–water partition coefficient (Wildman–Crippen LogP) is 7.93. The van der Waals surface area contributed by atoms with Crippen LogP contribution in [-0.2, 0) is 19.2 Å². The van der Waals surface area contributed by atoms with Gasteiger partial charge in [0.15, 0.2) is 0 Å². The summed E-state index contributed by atoms with van der Waals surface area (Å²) in [6.07, 6.45) is 2.57. The molecule has 6 atom stereocenters. The fourth-order valence-corrected chi connectivity index (χ4v) is 9.17. The van der Waals surface area contributed by atoms with Gasteiger partial charge in [-0.25, -0.2) is 0 Å². The molecular formula is C45H38N4O6. The highest BCUT2D eigenvalue weighted by molar-refractivity contribution is 6.24. The molecule has 3 fully saturated rings. The van der Waals surface area contributed by atoms with Gasteiger partial charge in [-0.2, -0.15) is 0 Å². The minimum atomic E-state index is -0.778. The molecule has 9 rings (SSSR count). The number of nitrogens with zero attached hydrogens (tertiary/aromatic N) is 2. The van der Waals surface area contributed by atoms with Crippen molar-refractivity contribution in [2.24, 2.45) is 29.6 Å². The maximum absolute atomic E-state index is 14.6. The highest BCUT2D eigenvalue weighted by atomic mass is 16.5. The lowest BCUT2D eigenvalue weighted by atomic mass is 9.57. The largest absolute Gasteiger partial charge is 0.508 e. The van der Waals surface area contributed by atoms with Gasteiger partial charge >= 0.3 is 0 Å². The first-order chi connectivity index (χ1) is 26.8. The number of nitrogens with one attached hydrogen (secondary N) is 2. The molecule has 55 heavy (non-hydrogen) atoms. The Kier molecular flexibility index (Phi) is 8.45. The van der Waals surface area contributed by atoms with Crippen LogP contribution in [0.3, 0.4) is 0 Å². The number of carbonyl (C=O) groups excluding carboxylic acids is 4. The molecule has 1 saturated carbocycles. The van der Waals surface area contributed by atoms with E-state index in [0.717, 1.165) is 28.3 Å². The Morgan fingerprint density at radius 2 is 1.09 bits per heavy atom. The number of amides is 4. The Balaban J connectivity index is 1.05. The number of para-hydroxylation sites is 2. The van der Waals surface area contributed by atoms with Crippen molar-refractivity contribution in [2.45, 2.75) is 18.8 Å². The van der Waals surface area contributed by atoms with E-state index in [1.165, 1.54) is 23.0 Å². The van der Waals surface area contributed by atoms with Crippen LogP contribution in [0.25, 0.3) is 0 Å². The van der Waals surface area contributed by atoms with Crippen molar-refractivity contribution in [2.75, 3.05) is 27.5 Å². The van der Waals surface area contributed by atoms with Crippen molar-refractivity contribution >= 4 is 57.8 Å². The van der Waals surface area contributed by atoms with Gasteiger partial charge in [0.1, 0.15) is 11.5 Å². The molecule has 0 radical (unpaired) electrons. The average molecular weight is 731 g/mol. The van der Waals surface area contributed by atoms with Crippen LogP contribution in [0, 0.1) is 29.6 Å². The predicted molar refractivity (Wildman–Crippen MR) is 209 cm³/mol. The molecule has 4 amide bonds. The van der Waals surface area contributed by atoms with Gasteiger partial charge in [-0.1, -0.05) is 54.1 Å². The van der Waals surface area contributed by atoms with Gasteiger partial charge in [0.2, 0.25) is 23.6 Å². The van der Waals surface area contributed by atoms with Crippen molar-refractivity contribution in [1.29, 1.82) is 0 Å². The standard InChI is InChI=1S/C45H38N4O6/c1-55-38-24-32(50)20-21-34(38)39-33-22-23-35-40(44(53)48(42(35)51)30-16-12-28(13-17-30)46-26-8-4-2-5-9-26)36(33)25-37-41(39)45(54)49(43(37)52)31-18-14-29(15-19-31)47-27-10-6-3-7-11-27/h2-22,24,35-37,39-41,46-47,50H,23,25H2,1H3. The zero-order valence-corrected chi connectivity index (χ0v) is 30.0. The molecule has 2 heterocycles. The number of imide groups is 2. The lowest BCUT2D eigenvalue weighted by molar-refractivity contribution is -0.126. The first kappa shape index (κ1) is 34.1. The highest BCUT2D eigenvalue weighted by Crippen LogP contribution is 2.59. The van der Waals surface area contributed by atoms with E-state index in [1.807, 2.05) is 91.0 Å².